The van der Waals surface area contributed by atoms with Crippen molar-refractivity contribution in [1.82, 2.24) is 15.5 Å². The van der Waals surface area contributed by atoms with Gasteiger partial charge in [-0.05, 0) is 58.9 Å². The van der Waals surface area contributed by atoms with Gasteiger partial charge in [0.05, 0.1) is 6.42 Å². The van der Waals surface area contributed by atoms with Crippen LogP contribution in [0.3, 0.4) is 0 Å². The fourth-order valence-corrected chi connectivity index (χ4v) is 4.29. The highest BCUT2D eigenvalue weighted by atomic mass is 16.6. The van der Waals surface area contributed by atoms with Crippen LogP contribution in [0, 0.1) is 19.8 Å². The molecule has 4 N–H and O–H groups in total. The third-order valence-electron chi connectivity index (χ3n) is 5.99. The molecule has 9 heteroatoms. The zero-order valence-corrected chi connectivity index (χ0v) is 22.6. The number of unbranched alkanes of at least 4 members (excludes halogenated alkanes) is 1. The van der Waals surface area contributed by atoms with E-state index in [2.05, 4.69) is 10.6 Å². The predicted octanol–water partition coefficient (Wildman–Crippen LogP) is 3.27. The molecule has 4 atom stereocenters. The fourth-order valence-electron chi connectivity index (χ4n) is 4.29. The minimum Gasteiger partial charge on any atom is -0.444 e. The number of benzene rings is 1. The lowest BCUT2D eigenvalue weighted by Crippen LogP contribution is -2.55. The minimum atomic E-state index is -1.26. The Morgan fingerprint density at radius 3 is 2.19 bits per heavy atom. The predicted molar refractivity (Wildman–Crippen MR) is 138 cm³/mol. The van der Waals surface area contributed by atoms with Gasteiger partial charge < -0.3 is 26.0 Å². The Morgan fingerprint density at radius 2 is 1.72 bits per heavy atom. The second kappa shape index (κ2) is 12.2. The van der Waals surface area contributed by atoms with E-state index in [9.17, 15) is 19.2 Å². The molecule has 36 heavy (non-hydrogen) atoms. The van der Waals surface area contributed by atoms with Crippen molar-refractivity contribution in [2.75, 3.05) is 6.54 Å². The van der Waals surface area contributed by atoms with Gasteiger partial charge >= 0.3 is 6.09 Å². The van der Waals surface area contributed by atoms with Crippen LogP contribution in [0.25, 0.3) is 0 Å². The molecule has 2 rings (SSSR count). The molecular weight excluding hydrogens is 460 g/mol. The van der Waals surface area contributed by atoms with E-state index in [-0.39, 0.29) is 17.9 Å². The van der Waals surface area contributed by atoms with Crippen LogP contribution in [0.2, 0.25) is 0 Å². The van der Waals surface area contributed by atoms with E-state index in [0.717, 1.165) is 24.0 Å². The Hall–Kier alpha value is -3.10. The van der Waals surface area contributed by atoms with E-state index in [1.54, 1.807) is 20.8 Å². The highest BCUT2D eigenvalue weighted by Crippen LogP contribution is 2.41. The molecule has 4 amide bonds. The van der Waals surface area contributed by atoms with Crippen molar-refractivity contribution in [1.29, 1.82) is 0 Å². The molecule has 1 aliphatic carbocycles. The lowest BCUT2D eigenvalue weighted by atomic mass is 9.97. The van der Waals surface area contributed by atoms with Crippen LogP contribution in [0.1, 0.15) is 83.0 Å². The second-order valence-electron chi connectivity index (χ2n) is 10.9. The number of nitrogens with zero attached hydrogens (tertiary/aromatic N) is 1. The van der Waals surface area contributed by atoms with Gasteiger partial charge in [-0.3, -0.25) is 14.4 Å². The molecule has 1 aromatic rings. The highest BCUT2D eigenvalue weighted by molar-refractivity contribution is 5.95. The zero-order valence-electron chi connectivity index (χ0n) is 22.6. The van der Waals surface area contributed by atoms with Crippen LogP contribution in [-0.4, -0.2) is 52.9 Å². The largest absolute Gasteiger partial charge is 0.444 e. The number of alkyl carbamates (subject to hydrolysis) is 1. The molecule has 1 aromatic carbocycles. The standard InChI is InChI=1S/C27H42N4O5/c1-8-9-10-29-24(33)23(19-12-16(2)11-17(3)13-19)31(21-14-18(21)4)25(34)20(15-22(28)32)30-26(35)36-27(5,6)7/h11-13,18,20-21,23H,8-10,14-15H2,1-7H3,(H2,28,32)(H,29,33)(H,30,35). The molecule has 9 nitrogen and oxygen atoms in total. The number of primary amides is 1. The average Bonchev–Trinajstić information content (AvgIpc) is 3.44. The van der Waals surface area contributed by atoms with Crippen molar-refractivity contribution in [2.24, 2.45) is 11.7 Å². The SMILES string of the molecule is CCCCNC(=O)C(c1cc(C)cc(C)c1)N(C(=O)C(CC(N)=O)NC(=O)OC(C)(C)C)C1CC1C. The number of nitrogens with one attached hydrogen (secondary N) is 2. The minimum absolute atomic E-state index is 0.168. The first-order valence-electron chi connectivity index (χ1n) is 12.7. The van der Waals surface area contributed by atoms with Crippen LogP contribution < -0.4 is 16.4 Å². The molecule has 0 radical (unpaired) electrons. The Bertz CT molecular complexity index is 951. The van der Waals surface area contributed by atoms with E-state index >= 15 is 0 Å². The van der Waals surface area contributed by atoms with Crippen molar-refractivity contribution >= 4 is 23.8 Å². The van der Waals surface area contributed by atoms with Gasteiger partial charge in [-0.25, -0.2) is 4.79 Å². The quantitative estimate of drug-likeness (QED) is 0.400. The number of carbonyl (C=O) groups is 4. The molecule has 0 aromatic heterocycles. The molecule has 1 aliphatic rings. The Balaban J connectivity index is 2.50. The third-order valence-corrected chi connectivity index (χ3v) is 5.99. The number of aryl methyl sites for hydroxylation is 2. The molecule has 1 saturated carbocycles. The molecule has 0 heterocycles. The lowest BCUT2D eigenvalue weighted by Gasteiger charge is -2.35. The Morgan fingerprint density at radius 1 is 1.14 bits per heavy atom. The first kappa shape index (κ1) is 29.1. The topological polar surface area (TPSA) is 131 Å². The van der Waals surface area contributed by atoms with E-state index in [0.29, 0.717) is 18.5 Å². The molecule has 4 unspecified atom stereocenters. The van der Waals surface area contributed by atoms with Gasteiger partial charge in [0.15, 0.2) is 0 Å². The summed E-state index contributed by atoms with van der Waals surface area (Å²) < 4.78 is 5.31. The van der Waals surface area contributed by atoms with Gasteiger partial charge in [0.2, 0.25) is 17.7 Å². The van der Waals surface area contributed by atoms with E-state index in [1.807, 2.05) is 45.9 Å². The number of hydrogen-bond donors (Lipinski definition) is 3. The second-order valence-corrected chi connectivity index (χ2v) is 10.9. The van der Waals surface area contributed by atoms with Crippen LogP contribution in [0.4, 0.5) is 4.79 Å². The van der Waals surface area contributed by atoms with Crippen molar-refractivity contribution in [2.45, 2.75) is 97.9 Å². The maximum absolute atomic E-state index is 14.0. The summed E-state index contributed by atoms with van der Waals surface area (Å²) >= 11 is 0. The number of rotatable bonds is 11. The van der Waals surface area contributed by atoms with Gasteiger partial charge in [0.25, 0.3) is 0 Å². The summed E-state index contributed by atoms with van der Waals surface area (Å²) in [7, 11) is 0. The van der Waals surface area contributed by atoms with E-state index in [1.165, 1.54) is 4.90 Å². The molecule has 0 saturated heterocycles. The van der Waals surface area contributed by atoms with Gasteiger partial charge in [0, 0.05) is 12.6 Å². The van der Waals surface area contributed by atoms with Crippen LogP contribution in [0.5, 0.6) is 0 Å². The molecule has 0 bridgehead atoms. The molecule has 200 valence electrons. The number of amides is 4. The maximum Gasteiger partial charge on any atom is 0.408 e. The van der Waals surface area contributed by atoms with Crippen molar-refractivity contribution in [3.63, 3.8) is 0 Å². The van der Waals surface area contributed by atoms with Crippen LogP contribution in [-0.2, 0) is 19.1 Å². The number of ether oxygens (including phenoxy) is 1. The molecule has 0 aliphatic heterocycles. The molecule has 1 fully saturated rings. The van der Waals surface area contributed by atoms with E-state index < -0.39 is 42.0 Å². The van der Waals surface area contributed by atoms with Crippen LogP contribution in [0.15, 0.2) is 18.2 Å². The van der Waals surface area contributed by atoms with Crippen molar-refractivity contribution in [3.8, 4) is 0 Å². The van der Waals surface area contributed by atoms with Gasteiger partial charge in [0.1, 0.15) is 17.7 Å². The number of nitrogens with two attached hydrogens (primary N) is 1. The van der Waals surface area contributed by atoms with Gasteiger partial charge in [-0.2, -0.15) is 0 Å². The number of carbonyl (C=O) groups excluding carboxylic acids is 4. The Kier molecular flexibility index (Phi) is 9.90. The number of hydrogen-bond acceptors (Lipinski definition) is 5. The fraction of sp³-hybridized carbons (Fsp3) is 0.630. The summed E-state index contributed by atoms with van der Waals surface area (Å²) in [6.45, 7) is 13.5. The summed E-state index contributed by atoms with van der Waals surface area (Å²) in [4.78, 5) is 53.5. The summed E-state index contributed by atoms with van der Waals surface area (Å²) in [6, 6.07) is 3.40. The summed E-state index contributed by atoms with van der Waals surface area (Å²) in [5.41, 5.74) is 7.26. The average molecular weight is 503 g/mol. The Labute approximate surface area is 214 Å². The lowest BCUT2D eigenvalue weighted by molar-refractivity contribution is -0.144. The van der Waals surface area contributed by atoms with Crippen molar-refractivity contribution in [3.05, 3.63) is 34.9 Å². The van der Waals surface area contributed by atoms with Crippen molar-refractivity contribution < 1.29 is 23.9 Å². The van der Waals surface area contributed by atoms with E-state index in [4.69, 9.17) is 10.5 Å². The van der Waals surface area contributed by atoms with Gasteiger partial charge in [-0.15, -0.1) is 0 Å². The van der Waals surface area contributed by atoms with Crippen LogP contribution >= 0.6 is 0 Å². The van der Waals surface area contributed by atoms with Gasteiger partial charge in [-0.1, -0.05) is 49.6 Å². The smallest absolute Gasteiger partial charge is 0.408 e. The maximum atomic E-state index is 14.0. The monoisotopic (exact) mass is 502 g/mol. The zero-order chi connectivity index (χ0) is 27.2. The first-order valence-corrected chi connectivity index (χ1v) is 12.7. The normalized spacial score (nSPS) is 18.5. The first-order chi connectivity index (χ1) is 16.7. The molecule has 0 spiro atoms. The summed E-state index contributed by atoms with van der Waals surface area (Å²) in [6.07, 6.45) is 1.19. The third kappa shape index (κ3) is 8.53. The summed E-state index contributed by atoms with van der Waals surface area (Å²) in [5.74, 6) is -1.41. The summed E-state index contributed by atoms with van der Waals surface area (Å²) in [5, 5.41) is 5.49. The highest BCUT2D eigenvalue weighted by Gasteiger charge is 2.48. The molecular formula is C27H42N4O5.